The summed E-state index contributed by atoms with van der Waals surface area (Å²) in [6.07, 6.45) is 6.92. The van der Waals surface area contributed by atoms with Crippen LogP contribution in [0.3, 0.4) is 0 Å². The summed E-state index contributed by atoms with van der Waals surface area (Å²) in [6, 6.07) is 18.6. The number of carboxylic acids is 1. The first-order valence-corrected chi connectivity index (χ1v) is 18.7. The summed E-state index contributed by atoms with van der Waals surface area (Å²) < 4.78 is 18.7. The third-order valence-corrected chi connectivity index (χ3v) is 10.6. The Morgan fingerprint density at radius 3 is 2.55 bits per heavy atom. The first kappa shape index (κ1) is 38.4. The molecule has 12 heteroatoms. The zero-order valence-electron chi connectivity index (χ0n) is 29.8. The first-order chi connectivity index (χ1) is 25.7. The number of aliphatic hydroxyl groups excluding tert-OH is 1. The van der Waals surface area contributed by atoms with Gasteiger partial charge in [-0.05, 0) is 74.0 Å². The molecule has 278 valence electrons. The fourth-order valence-corrected chi connectivity index (χ4v) is 7.54. The number of hydrogen-bond donors (Lipinski definition) is 2. The Balaban J connectivity index is 1.18. The minimum absolute atomic E-state index is 0.145. The van der Waals surface area contributed by atoms with Crippen LogP contribution >= 0.6 is 23.2 Å². The number of ether oxygens (including phenoxy) is 3. The van der Waals surface area contributed by atoms with Crippen molar-refractivity contribution in [2.24, 2.45) is 0 Å². The standard InChI is InChI=1S/C41H44Cl2N4O6/c1-27-30(7-4-8-33(27)34-9-5-11-37(40(34)43)51-16-6-13-46-15-12-32(48)24-46)26-53-39-19-38(52-25-29-17-28(20-44)21-45-22-29)31(18-35(39)42)23-47-14-3-2-10-36(47)41(49)50/h4-5,7-9,11,17-19,21-22,32,36,48H,2-3,6,10,12-16,23-26H2,1H3,(H,49,50). The van der Waals surface area contributed by atoms with Gasteiger partial charge in [-0.1, -0.05) is 60.0 Å². The summed E-state index contributed by atoms with van der Waals surface area (Å²) in [4.78, 5) is 20.4. The topological polar surface area (TPSA) is 128 Å². The van der Waals surface area contributed by atoms with E-state index in [-0.39, 0.29) is 19.3 Å². The summed E-state index contributed by atoms with van der Waals surface area (Å²) in [5.41, 5.74) is 5.65. The zero-order chi connectivity index (χ0) is 37.3. The molecule has 0 aliphatic carbocycles. The van der Waals surface area contributed by atoms with Gasteiger partial charge in [0.1, 0.15) is 42.6 Å². The molecule has 2 N–H and O–H groups in total. The van der Waals surface area contributed by atoms with Gasteiger partial charge in [-0.15, -0.1) is 0 Å². The predicted octanol–water partition coefficient (Wildman–Crippen LogP) is 7.67. The normalized spacial score (nSPS) is 17.7. The number of pyridine rings is 1. The minimum Gasteiger partial charge on any atom is -0.492 e. The third kappa shape index (κ3) is 9.79. The molecule has 0 amide bonds. The SMILES string of the molecule is Cc1c(COc2cc(OCc3cncc(C#N)c3)c(CN3CCCCC3C(=O)O)cc2Cl)cccc1-c1cccc(OCCCN2CCC(O)C2)c1Cl. The molecule has 2 aliphatic rings. The number of nitriles is 1. The summed E-state index contributed by atoms with van der Waals surface area (Å²) >= 11 is 13.8. The van der Waals surface area contributed by atoms with E-state index in [1.165, 1.54) is 6.20 Å². The first-order valence-electron chi connectivity index (χ1n) is 18.0. The molecule has 3 aromatic carbocycles. The fraction of sp³-hybridized carbons (Fsp3) is 0.390. The van der Waals surface area contributed by atoms with E-state index in [9.17, 15) is 20.3 Å². The molecule has 2 unspecified atom stereocenters. The van der Waals surface area contributed by atoms with Crippen LogP contribution in [0.5, 0.6) is 17.2 Å². The van der Waals surface area contributed by atoms with Crippen molar-refractivity contribution >= 4 is 29.2 Å². The average Bonchev–Trinajstić information content (AvgIpc) is 3.58. The van der Waals surface area contributed by atoms with Crippen LogP contribution in [0.25, 0.3) is 11.1 Å². The van der Waals surface area contributed by atoms with Crippen molar-refractivity contribution in [1.29, 1.82) is 5.26 Å². The number of aliphatic hydroxyl groups is 1. The smallest absolute Gasteiger partial charge is 0.320 e. The zero-order valence-corrected chi connectivity index (χ0v) is 31.3. The van der Waals surface area contributed by atoms with Gasteiger partial charge in [-0.2, -0.15) is 5.26 Å². The van der Waals surface area contributed by atoms with E-state index in [4.69, 9.17) is 37.4 Å². The number of rotatable bonds is 15. The monoisotopic (exact) mass is 758 g/mol. The van der Waals surface area contributed by atoms with E-state index >= 15 is 0 Å². The lowest BCUT2D eigenvalue weighted by atomic mass is 9.96. The lowest BCUT2D eigenvalue weighted by Gasteiger charge is -2.33. The highest BCUT2D eigenvalue weighted by molar-refractivity contribution is 6.35. The Morgan fingerprint density at radius 1 is 0.943 bits per heavy atom. The van der Waals surface area contributed by atoms with Crippen LogP contribution in [0.1, 0.15) is 59.9 Å². The lowest BCUT2D eigenvalue weighted by molar-refractivity contribution is -0.144. The van der Waals surface area contributed by atoms with E-state index in [2.05, 4.69) is 16.0 Å². The second kappa shape index (κ2) is 18.1. The number of hydrogen-bond acceptors (Lipinski definition) is 9. The van der Waals surface area contributed by atoms with E-state index in [0.29, 0.717) is 65.5 Å². The number of carbonyl (C=O) groups is 1. The molecule has 0 radical (unpaired) electrons. The Morgan fingerprint density at radius 2 is 1.75 bits per heavy atom. The predicted molar refractivity (Wildman–Crippen MR) is 204 cm³/mol. The number of aliphatic carboxylic acids is 1. The van der Waals surface area contributed by atoms with E-state index in [0.717, 1.165) is 72.2 Å². The Labute approximate surface area is 320 Å². The Bertz CT molecular complexity index is 1950. The number of β-amino-alcohol motifs (C(OH)–C–C–N with tert-alkyl or cyclic N) is 1. The van der Waals surface area contributed by atoms with E-state index in [1.54, 1.807) is 24.4 Å². The molecule has 1 aromatic heterocycles. The summed E-state index contributed by atoms with van der Waals surface area (Å²) in [5, 5.41) is 29.9. The van der Waals surface area contributed by atoms with Gasteiger partial charge in [0.2, 0.25) is 0 Å². The maximum atomic E-state index is 12.1. The molecule has 4 aromatic rings. The van der Waals surface area contributed by atoms with Crippen molar-refractivity contribution in [3.8, 4) is 34.4 Å². The molecule has 2 saturated heterocycles. The van der Waals surface area contributed by atoms with Gasteiger partial charge in [-0.3, -0.25) is 14.7 Å². The molecule has 53 heavy (non-hydrogen) atoms. The highest BCUT2D eigenvalue weighted by Gasteiger charge is 2.29. The minimum atomic E-state index is -0.842. The molecular formula is C41H44Cl2N4O6. The number of nitrogens with zero attached hydrogens (tertiary/aromatic N) is 4. The lowest BCUT2D eigenvalue weighted by Crippen LogP contribution is -2.44. The summed E-state index contributed by atoms with van der Waals surface area (Å²) in [5.74, 6) is 0.712. The number of carboxylic acid groups (broad SMARTS) is 1. The highest BCUT2D eigenvalue weighted by atomic mass is 35.5. The van der Waals surface area contributed by atoms with Crippen molar-refractivity contribution in [2.75, 3.05) is 32.8 Å². The van der Waals surface area contributed by atoms with Gasteiger partial charge in [0, 0.05) is 61.3 Å². The van der Waals surface area contributed by atoms with Crippen LogP contribution in [0.2, 0.25) is 10.0 Å². The summed E-state index contributed by atoms with van der Waals surface area (Å²) in [7, 11) is 0. The largest absolute Gasteiger partial charge is 0.492 e. The highest BCUT2D eigenvalue weighted by Crippen LogP contribution is 2.39. The summed E-state index contributed by atoms with van der Waals surface area (Å²) in [6.45, 7) is 6.41. The van der Waals surface area contributed by atoms with Gasteiger partial charge in [-0.25, -0.2) is 0 Å². The third-order valence-electron chi connectivity index (χ3n) is 9.91. The molecule has 0 saturated carbocycles. The molecule has 2 fully saturated rings. The molecule has 2 atom stereocenters. The van der Waals surface area contributed by atoms with Crippen LogP contribution in [-0.2, 0) is 24.6 Å². The average molecular weight is 760 g/mol. The number of halogens is 2. The second-order valence-corrected chi connectivity index (χ2v) is 14.4. The number of benzene rings is 3. The van der Waals surface area contributed by atoms with Gasteiger partial charge in [0.15, 0.2) is 0 Å². The maximum absolute atomic E-state index is 12.1. The quantitative estimate of drug-likeness (QED) is 0.117. The van der Waals surface area contributed by atoms with E-state index in [1.807, 2.05) is 48.2 Å². The number of aromatic nitrogens is 1. The van der Waals surface area contributed by atoms with Crippen LogP contribution in [-0.4, -0.2) is 75.9 Å². The molecule has 10 nitrogen and oxygen atoms in total. The van der Waals surface area contributed by atoms with Crippen molar-refractivity contribution in [3.05, 3.63) is 105 Å². The molecule has 0 bridgehead atoms. The van der Waals surface area contributed by atoms with E-state index < -0.39 is 12.0 Å². The van der Waals surface area contributed by atoms with Crippen LogP contribution in [0.15, 0.2) is 67.0 Å². The Hall–Kier alpha value is -4.37. The van der Waals surface area contributed by atoms with Gasteiger partial charge in [0.25, 0.3) is 0 Å². The van der Waals surface area contributed by atoms with Gasteiger partial charge < -0.3 is 29.3 Å². The fourth-order valence-electron chi connectivity index (χ4n) is 7.01. The van der Waals surface area contributed by atoms with Crippen molar-refractivity contribution in [2.45, 2.75) is 70.9 Å². The molecule has 2 aliphatic heterocycles. The van der Waals surface area contributed by atoms with Crippen LogP contribution in [0, 0.1) is 18.3 Å². The van der Waals surface area contributed by atoms with Crippen LogP contribution < -0.4 is 14.2 Å². The van der Waals surface area contributed by atoms with Crippen molar-refractivity contribution in [3.63, 3.8) is 0 Å². The van der Waals surface area contributed by atoms with Crippen molar-refractivity contribution < 1.29 is 29.2 Å². The van der Waals surface area contributed by atoms with Crippen molar-refractivity contribution in [1.82, 2.24) is 14.8 Å². The Kier molecular flexibility index (Phi) is 13.1. The molecular weight excluding hydrogens is 715 g/mol. The van der Waals surface area contributed by atoms with Gasteiger partial charge in [0.05, 0.1) is 28.3 Å². The number of likely N-dealkylation sites (tertiary alicyclic amines) is 2. The van der Waals surface area contributed by atoms with Gasteiger partial charge >= 0.3 is 5.97 Å². The molecule has 3 heterocycles. The number of piperidine rings is 1. The molecule has 0 spiro atoms. The second-order valence-electron chi connectivity index (χ2n) is 13.6. The molecule has 6 rings (SSSR count). The van der Waals surface area contributed by atoms with Crippen LogP contribution in [0.4, 0.5) is 0 Å². The maximum Gasteiger partial charge on any atom is 0.320 e.